The van der Waals surface area contributed by atoms with Crippen LogP contribution in [0.5, 0.6) is 5.75 Å². The Morgan fingerprint density at radius 2 is 1.51 bits per heavy atom. The number of anilines is 1. The Morgan fingerprint density at radius 3 is 2.12 bits per heavy atom. The molecule has 43 heavy (non-hydrogen) atoms. The number of sulfonamides is 1. The highest BCUT2D eigenvalue weighted by molar-refractivity contribution is 7.92. The van der Waals surface area contributed by atoms with E-state index in [2.05, 4.69) is 5.32 Å². The maximum Gasteiger partial charge on any atom is 0.264 e. The summed E-state index contributed by atoms with van der Waals surface area (Å²) < 4.78 is 47.9. The van der Waals surface area contributed by atoms with Gasteiger partial charge in [0.15, 0.2) is 0 Å². The fourth-order valence-electron chi connectivity index (χ4n) is 4.70. The fourth-order valence-corrected chi connectivity index (χ4v) is 6.12. The summed E-state index contributed by atoms with van der Waals surface area (Å²) >= 11 is 0. The van der Waals surface area contributed by atoms with Gasteiger partial charge in [-0.3, -0.25) is 13.9 Å². The minimum Gasteiger partial charge on any atom is -0.497 e. The minimum atomic E-state index is -4.30. The highest BCUT2D eigenvalue weighted by Gasteiger charge is 2.34. The summed E-state index contributed by atoms with van der Waals surface area (Å²) in [6.07, 6.45) is 0.208. The van der Waals surface area contributed by atoms with Crippen LogP contribution in [0, 0.1) is 12.7 Å². The lowest BCUT2D eigenvalue weighted by Gasteiger charge is -2.34. The van der Waals surface area contributed by atoms with E-state index in [0.29, 0.717) is 5.75 Å². The Morgan fingerprint density at radius 1 is 0.884 bits per heavy atom. The molecule has 1 N–H and O–H groups in total. The number of amides is 2. The Labute approximate surface area is 251 Å². The van der Waals surface area contributed by atoms with Crippen molar-refractivity contribution in [2.24, 2.45) is 0 Å². The molecule has 224 valence electrons. The van der Waals surface area contributed by atoms with Crippen molar-refractivity contribution < 1.29 is 27.1 Å². The van der Waals surface area contributed by atoms with Crippen molar-refractivity contribution in [1.29, 1.82) is 0 Å². The van der Waals surface area contributed by atoms with Crippen molar-refractivity contribution in [3.8, 4) is 5.75 Å². The van der Waals surface area contributed by atoms with Crippen LogP contribution in [0.4, 0.5) is 10.1 Å². The predicted molar refractivity (Wildman–Crippen MR) is 164 cm³/mol. The molecule has 0 radical (unpaired) electrons. The highest BCUT2D eigenvalue weighted by atomic mass is 32.2. The summed E-state index contributed by atoms with van der Waals surface area (Å²) in [5, 5.41) is 2.66. The van der Waals surface area contributed by atoms with Gasteiger partial charge >= 0.3 is 0 Å². The number of nitrogens with zero attached hydrogens (tertiary/aromatic N) is 2. The zero-order valence-corrected chi connectivity index (χ0v) is 25.1. The molecule has 8 nitrogen and oxygen atoms in total. The molecule has 0 bridgehead atoms. The van der Waals surface area contributed by atoms with E-state index in [0.717, 1.165) is 33.1 Å². The molecule has 2 amide bonds. The van der Waals surface area contributed by atoms with Crippen molar-refractivity contribution in [1.82, 2.24) is 10.2 Å². The van der Waals surface area contributed by atoms with Crippen LogP contribution in [0.1, 0.15) is 16.7 Å². The van der Waals surface area contributed by atoms with E-state index in [1.807, 2.05) is 61.5 Å². The number of hydrogen-bond acceptors (Lipinski definition) is 5. The molecular weight excluding hydrogens is 569 g/mol. The maximum atomic E-state index is 14.3. The van der Waals surface area contributed by atoms with Gasteiger partial charge in [0.2, 0.25) is 11.8 Å². The average Bonchev–Trinajstić information content (AvgIpc) is 3.02. The van der Waals surface area contributed by atoms with E-state index in [-0.39, 0.29) is 23.5 Å². The third kappa shape index (κ3) is 7.58. The number of halogens is 1. The standard InChI is InChI=1S/C33H34FN3O5S/c1-24-9-7-8-12-26(24)22-36(31(33(39)35-2)21-25-10-5-4-6-11-25)32(38)23-37(28-15-13-27(34)14-16-28)43(40,41)30-19-17-29(42-3)18-20-30/h4-20,31H,21-23H2,1-3H3,(H,35,39). The molecule has 4 rings (SSSR count). The monoisotopic (exact) mass is 603 g/mol. The fraction of sp³-hybridized carbons (Fsp3) is 0.212. The van der Waals surface area contributed by atoms with E-state index < -0.39 is 40.2 Å². The second kappa shape index (κ2) is 14.0. The third-order valence-corrected chi connectivity index (χ3v) is 8.95. The van der Waals surface area contributed by atoms with Crippen LogP contribution in [0.25, 0.3) is 0 Å². The van der Waals surface area contributed by atoms with Crippen LogP contribution in [-0.2, 0) is 32.6 Å². The second-order valence-electron chi connectivity index (χ2n) is 9.93. The summed E-state index contributed by atoms with van der Waals surface area (Å²) in [5.41, 5.74) is 2.65. The molecule has 0 saturated heterocycles. The largest absolute Gasteiger partial charge is 0.497 e. The number of benzene rings is 4. The number of hydrogen-bond donors (Lipinski definition) is 1. The first-order chi connectivity index (χ1) is 20.6. The van der Waals surface area contributed by atoms with Crippen LogP contribution in [0.3, 0.4) is 0 Å². The number of carbonyl (C=O) groups excluding carboxylic acids is 2. The van der Waals surface area contributed by atoms with E-state index in [4.69, 9.17) is 4.74 Å². The van der Waals surface area contributed by atoms with Crippen LogP contribution in [0.15, 0.2) is 108 Å². The molecule has 0 aromatic heterocycles. The van der Waals surface area contributed by atoms with Crippen molar-refractivity contribution in [2.45, 2.75) is 30.8 Å². The zero-order chi connectivity index (χ0) is 31.0. The summed E-state index contributed by atoms with van der Waals surface area (Å²) in [5.74, 6) is -1.09. The number of nitrogens with one attached hydrogen (secondary N) is 1. The number of aryl methyl sites for hydroxylation is 1. The lowest BCUT2D eigenvalue weighted by Crippen LogP contribution is -2.53. The molecule has 0 spiro atoms. The molecule has 1 atom stereocenters. The van der Waals surface area contributed by atoms with Gasteiger partial charge < -0.3 is 15.0 Å². The molecule has 0 saturated carbocycles. The van der Waals surface area contributed by atoms with E-state index >= 15 is 0 Å². The van der Waals surface area contributed by atoms with Gasteiger partial charge in [-0.1, -0.05) is 54.6 Å². The lowest BCUT2D eigenvalue weighted by atomic mass is 10.0. The molecule has 1 unspecified atom stereocenters. The molecule has 0 heterocycles. The van der Waals surface area contributed by atoms with Gasteiger partial charge in [-0.05, 0) is 72.1 Å². The van der Waals surface area contributed by atoms with Crippen molar-refractivity contribution in [3.63, 3.8) is 0 Å². The molecule has 10 heteroatoms. The Kier molecular flexibility index (Phi) is 10.2. The molecule has 0 aliphatic heterocycles. The number of methoxy groups -OCH3 is 1. The predicted octanol–water partition coefficient (Wildman–Crippen LogP) is 4.72. The highest BCUT2D eigenvalue weighted by Crippen LogP contribution is 2.27. The summed E-state index contributed by atoms with van der Waals surface area (Å²) in [6.45, 7) is 1.34. The van der Waals surface area contributed by atoms with Gasteiger partial charge in [-0.25, -0.2) is 12.8 Å². The number of rotatable bonds is 12. The number of carbonyl (C=O) groups is 2. The topological polar surface area (TPSA) is 96.0 Å². The van der Waals surface area contributed by atoms with Crippen molar-refractivity contribution >= 4 is 27.5 Å². The van der Waals surface area contributed by atoms with Crippen LogP contribution in [0.2, 0.25) is 0 Å². The maximum absolute atomic E-state index is 14.3. The van der Waals surface area contributed by atoms with Crippen molar-refractivity contribution in [2.75, 3.05) is 25.0 Å². The van der Waals surface area contributed by atoms with Gasteiger partial charge in [-0.15, -0.1) is 0 Å². The van der Waals surface area contributed by atoms with Crippen LogP contribution < -0.4 is 14.4 Å². The van der Waals surface area contributed by atoms with E-state index in [1.165, 1.54) is 55.5 Å². The number of ether oxygens (including phenoxy) is 1. The average molecular weight is 604 g/mol. The van der Waals surface area contributed by atoms with Gasteiger partial charge in [0, 0.05) is 20.0 Å². The second-order valence-corrected chi connectivity index (χ2v) is 11.8. The van der Waals surface area contributed by atoms with Crippen molar-refractivity contribution in [3.05, 3.63) is 126 Å². The zero-order valence-electron chi connectivity index (χ0n) is 24.2. The SMILES string of the molecule is CNC(=O)C(Cc1ccccc1)N(Cc1ccccc1C)C(=O)CN(c1ccc(F)cc1)S(=O)(=O)c1ccc(OC)cc1. The van der Waals surface area contributed by atoms with Gasteiger partial charge in [0.05, 0.1) is 17.7 Å². The Bertz CT molecular complexity index is 1650. The lowest BCUT2D eigenvalue weighted by molar-refractivity contribution is -0.139. The first kappa shape index (κ1) is 31.2. The molecule has 0 aliphatic rings. The summed E-state index contributed by atoms with van der Waals surface area (Å²) in [6, 6.07) is 26.5. The molecule has 4 aromatic carbocycles. The molecule has 0 aliphatic carbocycles. The third-order valence-electron chi connectivity index (χ3n) is 7.16. The summed E-state index contributed by atoms with van der Waals surface area (Å²) in [4.78, 5) is 28.9. The Balaban J connectivity index is 1.79. The van der Waals surface area contributed by atoms with E-state index in [9.17, 15) is 22.4 Å². The minimum absolute atomic E-state index is 0.0657. The van der Waals surface area contributed by atoms with Gasteiger partial charge in [-0.2, -0.15) is 0 Å². The quantitative estimate of drug-likeness (QED) is 0.253. The number of likely N-dealkylation sites (N-methyl/N-ethyl adjacent to an activating group) is 1. The van der Waals surface area contributed by atoms with E-state index in [1.54, 1.807) is 0 Å². The van der Waals surface area contributed by atoms with Gasteiger partial charge in [0.1, 0.15) is 24.2 Å². The molecule has 0 fully saturated rings. The van der Waals surface area contributed by atoms with Crippen LogP contribution >= 0.6 is 0 Å². The molecule has 4 aromatic rings. The smallest absolute Gasteiger partial charge is 0.264 e. The Hall–Kier alpha value is -4.70. The molecular formula is C33H34FN3O5S. The normalized spacial score (nSPS) is 11.8. The summed E-state index contributed by atoms with van der Waals surface area (Å²) in [7, 11) is -1.34. The first-order valence-corrected chi connectivity index (χ1v) is 15.1. The van der Waals surface area contributed by atoms with Crippen LogP contribution in [-0.4, -0.2) is 51.9 Å². The van der Waals surface area contributed by atoms with Gasteiger partial charge in [0.25, 0.3) is 10.0 Å². The first-order valence-electron chi connectivity index (χ1n) is 13.7.